The topological polar surface area (TPSA) is 87.5 Å². The van der Waals surface area contributed by atoms with Crippen LogP contribution in [0.5, 0.6) is 17.2 Å². The number of imidazole rings is 1. The summed E-state index contributed by atoms with van der Waals surface area (Å²) in [5.41, 5.74) is 1.94. The van der Waals surface area contributed by atoms with Gasteiger partial charge in [0.15, 0.2) is 17.1 Å². The van der Waals surface area contributed by atoms with Gasteiger partial charge in [0.1, 0.15) is 17.1 Å². The molecule has 0 radical (unpaired) electrons. The SMILES string of the molecule is Cc1nc2c(C(=O)NC3CCC(Oc4ccc5c(c4)OCO5)CC3)ccnc2n1C. The van der Waals surface area contributed by atoms with Crippen molar-refractivity contribution < 1.29 is 19.0 Å². The molecule has 8 heteroatoms. The number of aryl methyl sites for hydroxylation is 2. The van der Waals surface area contributed by atoms with Crippen LogP contribution in [0.4, 0.5) is 0 Å². The molecule has 156 valence electrons. The fourth-order valence-corrected chi connectivity index (χ4v) is 4.10. The molecule has 1 saturated carbocycles. The second kappa shape index (κ2) is 7.51. The molecule has 1 aromatic carbocycles. The summed E-state index contributed by atoms with van der Waals surface area (Å²) < 4.78 is 18.8. The Morgan fingerprint density at radius 1 is 1.17 bits per heavy atom. The van der Waals surface area contributed by atoms with Crippen molar-refractivity contribution in [3.63, 3.8) is 0 Å². The Labute approximate surface area is 174 Å². The first-order valence-electron chi connectivity index (χ1n) is 10.2. The van der Waals surface area contributed by atoms with E-state index < -0.39 is 0 Å². The van der Waals surface area contributed by atoms with Gasteiger partial charge < -0.3 is 24.1 Å². The average molecular weight is 408 g/mol. The molecule has 0 unspecified atom stereocenters. The van der Waals surface area contributed by atoms with Crippen LogP contribution in [0.25, 0.3) is 11.2 Å². The summed E-state index contributed by atoms with van der Waals surface area (Å²) in [5.74, 6) is 3.00. The molecule has 2 aromatic heterocycles. The van der Waals surface area contributed by atoms with Crippen molar-refractivity contribution in [3.05, 3.63) is 41.9 Å². The van der Waals surface area contributed by atoms with E-state index in [4.69, 9.17) is 14.2 Å². The summed E-state index contributed by atoms with van der Waals surface area (Å²) >= 11 is 0. The molecule has 3 heterocycles. The quantitative estimate of drug-likeness (QED) is 0.714. The molecular formula is C22H24N4O4. The number of carbonyl (C=O) groups is 1. The number of hydrogen-bond acceptors (Lipinski definition) is 6. The van der Waals surface area contributed by atoms with Crippen LogP contribution in [0.1, 0.15) is 41.9 Å². The predicted molar refractivity (Wildman–Crippen MR) is 110 cm³/mol. The van der Waals surface area contributed by atoms with Crippen LogP contribution in [0.15, 0.2) is 30.5 Å². The fourth-order valence-electron chi connectivity index (χ4n) is 4.10. The molecule has 0 bridgehead atoms. The van der Waals surface area contributed by atoms with Crippen molar-refractivity contribution in [3.8, 4) is 17.2 Å². The van der Waals surface area contributed by atoms with E-state index in [-0.39, 0.29) is 24.8 Å². The highest BCUT2D eigenvalue weighted by Crippen LogP contribution is 2.36. The van der Waals surface area contributed by atoms with Crippen LogP contribution in [0, 0.1) is 6.92 Å². The normalized spacial score (nSPS) is 20.3. The number of nitrogens with one attached hydrogen (secondary N) is 1. The maximum absolute atomic E-state index is 12.9. The van der Waals surface area contributed by atoms with Crippen molar-refractivity contribution in [1.82, 2.24) is 19.9 Å². The first-order chi connectivity index (χ1) is 14.6. The lowest BCUT2D eigenvalue weighted by Crippen LogP contribution is -2.39. The first-order valence-corrected chi connectivity index (χ1v) is 10.2. The number of amides is 1. The summed E-state index contributed by atoms with van der Waals surface area (Å²) in [6.45, 7) is 2.16. The van der Waals surface area contributed by atoms with Crippen molar-refractivity contribution in [2.75, 3.05) is 6.79 Å². The number of rotatable bonds is 4. The monoisotopic (exact) mass is 408 g/mol. The molecule has 2 aliphatic rings. The van der Waals surface area contributed by atoms with Crippen LogP contribution in [-0.2, 0) is 7.05 Å². The van der Waals surface area contributed by atoms with Gasteiger partial charge in [-0.3, -0.25) is 4.79 Å². The van der Waals surface area contributed by atoms with E-state index in [1.807, 2.05) is 36.7 Å². The van der Waals surface area contributed by atoms with Gasteiger partial charge in [-0.05, 0) is 50.8 Å². The highest BCUT2D eigenvalue weighted by Gasteiger charge is 2.26. The minimum atomic E-state index is -0.0966. The number of nitrogens with zero attached hydrogens (tertiary/aromatic N) is 3. The van der Waals surface area contributed by atoms with E-state index in [0.717, 1.165) is 54.4 Å². The van der Waals surface area contributed by atoms with E-state index in [0.29, 0.717) is 11.1 Å². The number of fused-ring (bicyclic) bond motifs is 2. The second-order valence-corrected chi connectivity index (χ2v) is 7.83. The van der Waals surface area contributed by atoms with Gasteiger partial charge >= 0.3 is 0 Å². The number of carbonyl (C=O) groups excluding carboxylic acids is 1. The number of ether oxygens (including phenoxy) is 3. The summed E-state index contributed by atoms with van der Waals surface area (Å²) in [7, 11) is 1.90. The molecule has 1 N–H and O–H groups in total. The highest BCUT2D eigenvalue weighted by molar-refractivity contribution is 6.04. The van der Waals surface area contributed by atoms with Crippen LogP contribution in [0.2, 0.25) is 0 Å². The van der Waals surface area contributed by atoms with Crippen molar-refractivity contribution in [1.29, 1.82) is 0 Å². The molecule has 8 nitrogen and oxygen atoms in total. The number of aromatic nitrogens is 3. The molecule has 1 fully saturated rings. The minimum absolute atomic E-state index is 0.0966. The van der Waals surface area contributed by atoms with Gasteiger partial charge in [-0.15, -0.1) is 0 Å². The van der Waals surface area contributed by atoms with Crippen molar-refractivity contribution >= 4 is 17.1 Å². The Morgan fingerprint density at radius 3 is 2.80 bits per heavy atom. The molecule has 0 saturated heterocycles. The zero-order chi connectivity index (χ0) is 20.7. The van der Waals surface area contributed by atoms with Crippen LogP contribution in [-0.4, -0.2) is 39.4 Å². The Balaban J connectivity index is 1.19. The van der Waals surface area contributed by atoms with E-state index in [9.17, 15) is 4.79 Å². The zero-order valence-corrected chi connectivity index (χ0v) is 17.1. The molecule has 1 aliphatic heterocycles. The standard InChI is InChI=1S/C22H24N4O4/c1-13-24-20-17(9-10-23-21(20)26(13)2)22(27)25-14-3-5-15(6-4-14)30-16-7-8-18-19(11-16)29-12-28-18/h7-11,14-15H,3-6,12H2,1-2H3,(H,25,27). The van der Waals surface area contributed by atoms with Gasteiger partial charge in [-0.25, -0.2) is 9.97 Å². The molecular weight excluding hydrogens is 384 g/mol. The van der Waals surface area contributed by atoms with Gasteiger partial charge in [0.05, 0.1) is 11.7 Å². The van der Waals surface area contributed by atoms with Crippen molar-refractivity contribution in [2.24, 2.45) is 7.05 Å². The summed E-state index contributed by atoms with van der Waals surface area (Å²) in [6.07, 6.45) is 5.30. The summed E-state index contributed by atoms with van der Waals surface area (Å²) in [4.78, 5) is 21.7. The van der Waals surface area contributed by atoms with Gasteiger partial charge in [-0.1, -0.05) is 0 Å². The molecule has 1 aliphatic carbocycles. The average Bonchev–Trinajstić information content (AvgIpc) is 3.33. The first kappa shape index (κ1) is 18.7. The predicted octanol–water partition coefficient (Wildman–Crippen LogP) is 3.13. The van der Waals surface area contributed by atoms with E-state index in [2.05, 4.69) is 15.3 Å². The smallest absolute Gasteiger partial charge is 0.253 e. The number of hydrogen-bond donors (Lipinski definition) is 1. The zero-order valence-electron chi connectivity index (χ0n) is 17.1. The molecule has 30 heavy (non-hydrogen) atoms. The third kappa shape index (κ3) is 3.42. The van der Waals surface area contributed by atoms with E-state index in [1.54, 1.807) is 12.3 Å². The Kier molecular flexibility index (Phi) is 4.69. The Morgan fingerprint density at radius 2 is 1.97 bits per heavy atom. The minimum Gasteiger partial charge on any atom is -0.490 e. The van der Waals surface area contributed by atoms with Gasteiger partial charge in [0.25, 0.3) is 5.91 Å². The van der Waals surface area contributed by atoms with Crippen LogP contribution < -0.4 is 19.5 Å². The molecule has 3 aromatic rings. The highest BCUT2D eigenvalue weighted by atomic mass is 16.7. The Hall–Kier alpha value is -3.29. The van der Waals surface area contributed by atoms with Gasteiger partial charge in [0.2, 0.25) is 6.79 Å². The maximum atomic E-state index is 12.9. The van der Waals surface area contributed by atoms with Crippen LogP contribution in [0.3, 0.4) is 0 Å². The van der Waals surface area contributed by atoms with Crippen molar-refractivity contribution in [2.45, 2.75) is 44.8 Å². The third-order valence-corrected chi connectivity index (χ3v) is 5.88. The van der Waals surface area contributed by atoms with Crippen LogP contribution >= 0.6 is 0 Å². The number of benzene rings is 1. The molecule has 5 rings (SSSR count). The van der Waals surface area contributed by atoms with E-state index >= 15 is 0 Å². The Bertz CT molecular complexity index is 1100. The maximum Gasteiger partial charge on any atom is 0.253 e. The lowest BCUT2D eigenvalue weighted by atomic mass is 9.92. The van der Waals surface area contributed by atoms with Gasteiger partial charge in [0, 0.05) is 25.4 Å². The molecule has 0 spiro atoms. The summed E-state index contributed by atoms with van der Waals surface area (Å²) in [5, 5.41) is 3.17. The third-order valence-electron chi connectivity index (χ3n) is 5.88. The lowest BCUT2D eigenvalue weighted by Gasteiger charge is -2.29. The van der Waals surface area contributed by atoms with Gasteiger partial charge in [-0.2, -0.15) is 0 Å². The summed E-state index contributed by atoms with van der Waals surface area (Å²) in [6, 6.07) is 7.52. The van der Waals surface area contributed by atoms with E-state index in [1.165, 1.54) is 0 Å². The number of pyridine rings is 1. The molecule has 0 atom stereocenters. The molecule has 1 amide bonds. The second-order valence-electron chi connectivity index (χ2n) is 7.83. The largest absolute Gasteiger partial charge is 0.490 e. The lowest BCUT2D eigenvalue weighted by molar-refractivity contribution is 0.0895. The fraction of sp³-hybridized carbons (Fsp3) is 0.409.